The normalized spacial score (nSPS) is 20.2. The average Bonchev–Trinajstić information content (AvgIpc) is 3.06. The number of carboxylic acid groups (broad SMARTS) is 1. The van der Waals surface area contributed by atoms with Crippen molar-refractivity contribution in [1.29, 1.82) is 0 Å². The molecule has 20 heavy (non-hydrogen) atoms. The lowest BCUT2D eigenvalue weighted by molar-refractivity contribution is -0.141. The fourth-order valence-corrected chi connectivity index (χ4v) is 2.68. The first-order chi connectivity index (χ1) is 9.56. The topological polar surface area (TPSA) is 76.1 Å². The molecule has 0 bridgehead atoms. The standard InChI is InChI=1S/C13H12ClNO5/c14-9-3-8(4-10-11(9)20-6-19-10)12(16)15-2-1-7(5-15)13(17)18/h3-4,7H,1-2,5-6H2,(H,17,18)/t7-/m0/s1. The lowest BCUT2D eigenvalue weighted by Crippen LogP contribution is -2.29. The Morgan fingerprint density at radius 1 is 1.35 bits per heavy atom. The molecule has 1 atom stereocenters. The summed E-state index contributed by atoms with van der Waals surface area (Å²) in [4.78, 5) is 24.8. The zero-order valence-electron chi connectivity index (χ0n) is 10.5. The SMILES string of the molecule is O=C(O)[C@H]1CCN(C(=O)c2cc(Cl)c3c(c2)OCO3)C1. The number of halogens is 1. The van der Waals surface area contributed by atoms with Crippen LogP contribution in [0, 0.1) is 5.92 Å². The van der Waals surface area contributed by atoms with Gasteiger partial charge in [-0.2, -0.15) is 0 Å². The molecule has 1 amide bonds. The van der Waals surface area contributed by atoms with Gasteiger partial charge in [0.25, 0.3) is 5.91 Å². The van der Waals surface area contributed by atoms with Gasteiger partial charge in [-0.3, -0.25) is 9.59 Å². The number of likely N-dealkylation sites (tertiary alicyclic amines) is 1. The van der Waals surface area contributed by atoms with Crippen LogP contribution in [-0.4, -0.2) is 41.8 Å². The molecular formula is C13H12ClNO5. The molecule has 2 aliphatic rings. The van der Waals surface area contributed by atoms with Crippen LogP contribution in [0.2, 0.25) is 5.02 Å². The molecule has 0 saturated carbocycles. The van der Waals surface area contributed by atoms with Gasteiger partial charge in [-0.05, 0) is 18.6 Å². The Hall–Kier alpha value is -1.95. The summed E-state index contributed by atoms with van der Waals surface area (Å²) in [5.41, 5.74) is 0.380. The number of amides is 1. The van der Waals surface area contributed by atoms with Crippen LogP contribution >= 0.6 is 11.6 Å². The largest absolute Gasteiger partial charge is 0.481 e. The van der Waals surface area contributed by atoms with Gasteiger partial charge in [0, 0.05) is 18.7 Å². The molecule has 0 radical (unpaired) electrons. The molecule has 2 heterocycles. The molecule has 0 spiro atoms. The van der Waals surface area contributed by atoms with E-state index in [0.717, 1.165) is 0 Å². The Labute approximate surface area is 119 Å². The van der Waals surface area contributed by atoms with Gasteiger partial charge in [-0.25, -0.2) is 0 Å². The fraction of sp³-hybridized carbons (Fsp3) is 0.385. The van der Waals surface area contributed by atoms with Crippen LogP contribution in [0.1, 0.15) is 16.8 Å². The molecule has 1 aromatic carbocycles. The molecule has 7 heteroatoms. The van der Waals surface area contributed by atoms with E-state index in [9.17, 15) is 9.59 Å². The molecule has 2 aliphatic heterocycles. The molecule has 6 nitrogen and oxygen atoms in total. The van der Waals surface area contributed by atoms with Gasteiger partial charge in [-0.1, -0.05) is 11.6 Å². The maximum atomic E-state index is 12.3. The summed E-state index contributed by atoms with van der Waals surface area (Å²) in [6.07, 6.45) is 0.472. The van der Waals surface area contributed by atoms with Crippen molar-refractivity contribution in [3.05, 3.63) is 22.7 Å². The summed E-state index contributed by atoms with van der Waals surface area (Å²) in [5.74, 6) is -0.732. The molecular weight excluding hydrogens is 286 g/mol. The molecule has 1 fully saturated rings. The summed E-state index contributed by atoms with van der Waals surface area (Å²) < 4.78 is 10.4. The number of ether oxygens (including phenoxy) is 2. The van der Waals surface area contributed by atoms with Crippen molar-refractivity contribution in [3.63, 3.8) is 0 Å². The Morgan fingerprint density at radius 3 is 2.85 bits per heavy atom. The third-order valence-corrected chi connectivity index (χ3v) is 3.78. The lowest BCUT2D eigenvalue weighted by atomic mass is 10.1. The number of carbonyl (C=O) groups excluding carboxylic acids is 1. The Morgan fingerprint density at radius 2 is 2.15 bits per heavy atom. The molecule has 1 saturated heterocycles. The Kier molecular flexibility index (Phi) is 3.17. The molecule has 1 aromatic rings. The summed E-state index contributed by atoms with van der Waals surface area (Å²) in [7, 11) is 0. The van der Waals surface area contributed by atoms with Crippen molar-refractivity contribution in [2.45, 2.75) is 6.42 Å². The minimum absolute atomic E-state index is 0.0809. The first-order valence-corrected chi connectivity index (χ1v) is 6.55. The number of benzene rings is 1. The second kappa shape index (κ2) is 4.86. The van der Waals surface area contributed by atoms with E-state index >= 15 is 0 Å². The van der Waals surface area contributed by atoms with E-state index in [1.54, 1.807) is 6.07 Å². The molecule has 3 rings (SSSR count). The van der Waals surface area contributed by atoms with E-state index in [2.05, 4.69) is 0 Å². The minimum Gasteiger partial charge on any atom is -0.481 e. The second-order valence-electron chi connectivity index (χ2n) is 4.77. The van der Waals surface area contributed by atoms with E-state index < -0.39 is 11.9 Å². The summed E-state index contributed by atoms with van der Waals surface area (Å²) in [5, 5.41) is 9.28. The van der Waals surface area contributed by atoms with Crippen LogP contribution in [-0.2, 0) is 4.79 Å². The zero-order chi connectivity index (χ0) is 14.3. The van der Waals surface area contributed by atoms with Crippen molar-refractivity contribution < 1.29 is 24.2 Å². The third-order valence-electron chi connectivity index (χ3n) is 3.50. The van der Waals surface area contributed by atoms with E-state index in [1.165, 1.54) is 11.0 Å². The molecule has 0 unspecified atom stereocenters. The van der Waals surface area contributed by atoms with Gasteiger partial charge in [0.15, 0.2) is 11.5 Å². The number of hydrogen-bond donors (Lipinski definition) is 1. The van der Waals surface area contributed by atoms with Crippen LogP contribution < -0.4 is 9.47 Å². The summed E-state index contributed by atoms with van der Waals surface area (Å²) in [6.45, 7) is 0.736. The number of fused-ring (bicyclic) bond motifs is 1. The maximum Gasteiger partial charge on any atom is 0.308 e. The van der Waals surface area contributed by atoms with Crippen LogP contribution in [0.4, 0.5) is 0 Å². The molecule has 0 aromatic heterocycles. The number of nitrogens with zero attached hydrogens (tertiary/aromatic N) is 1. The first kappa shape index (κ1) is 13.1. The highest BCUT2D eigenvalue weighted by atomic mass is 35.5. The van der Waals surface area contributed by atoms with E-state index in [-0.39, 0.29) is 19.2 Å². The number of rotatable bonds is 2. The van der Waals surface area contributed by atoms with Gasteiger partial charge >= 0.3 is 5.97 Å². The van der Waals surface area contributed by atoms with Gasteiger partial charge in [-0.15, -0.1) is 0 Å². The van der Waals surface area contributed by atoms with Crippen molar-refractivity contribution in [1.82, 2.24) is 4.90 Å². The number of carboxylic acids is 1. The predicted octanol–water partition coefficient (Wildman–Crippen LogP) is 1.62. The summed E-state index contributed by atoms with van der Waals surface area (Å²) >= 11 is 6.03. The van der Waals surface area contributed by atoms with Crippen molar-refractivity contribution >= 4 is 23.5 Å². The monoisotopic (exact) mass is 297 g/mol. The quantitative estimate of drug-likeness (QED) is 0.897. The highest BCUT2D eigenvalue weighted by Crippen LogP contribution is 2.40. The third kappa shape index (κ3) is 2.16. The van der Waals surface area contributed by atoms with Gasteiger partial charge in [0.1, 0.15) is 0 Å². The molecule has 0 aliphatic carbocycles. The van der Waals surface area contributed by atoms with Crippen LogP contribution in [0.15, 0.2) is 12.1 Å². The van der Waals surface area contributed by atoms with Gasteiger partial charge in [0.2, 0.25) is 6.79 Å². The van der Waals surface area contributed by atoms with Crippen LogP contribution in [0.3, 0.4) is 0 Å². The van der Waals surface area contributed by atoms with Gasteiger partial charge < -0.3 is 19.5 Å². The van der Waals surface area contributed by atoms with Crippen LogP contribution in [0.25, 0.3) is 0 Å². The van der Waals surface area contributed by atoms with Crippen molar-refractivity contribution in [3.8, 4) is 11.5 Å². The highest BCUT2D eigenvalue weighted by Gasteiger charge is 2.32. The maximum absolute atomic E-state index is 12.3. The average molecular weight is 298 g/mol. The molecule has 1 N–H and O–H groups in total. The lowest BCUT2D eigenvalue weighted by Gasteiger charge is -2.16. The minimum atomic E-state index is -0.871. The Bertz CT molecular complexity index is 588. The highest BCUT2D eigenvalue weighted by molar-refractivity contribution is 6.32. The number of carbonyl (C=O) groups is 2. The number of hydrogen-bond acceptors (Lipinski definition) is 4. The molecule has 106 valence electrons. The van der Waals surface area contributed by atoms with E-state index in [0.29, 0.717) is 35.1 Å². The zero-order valence-corrected chi connectivity index (χ0v) is 11.2. The van der Waals surface area contributed by atoms with Gasteiger partial charge in [0.05, 0.1) is 10.9 Å². The number of aliphatic carboxylic acids is 1. The Balaban J connectivity index is 1.82. The predicted molar refractivity (Wildman–Crippen MR) is 69.2 cm³/mol. The summed E-state index contributed by atoms with van der Waals surface area (Å²) in [6, 6.07) is 3.09. The first-order valence-electron chi connectivity index (χ1n) is 6.17. The van der Waals surface area contributed by atoms with E-state index in [4.69, 9.17) is 26.2 Å². The second-order valence-corrected chi connectivity index (χ2v) is 5.17. The van der Waals surface area contributed by atoms with Crippen LogP contribution in [0.5, 0.6) is 11.5 Å². The smallest absolute Gasteiger partial charge is 0.308 e. The van der Waals surface area contributed by atoms with E-state index in [1.807, 2.05) is 0 Å². The van der Waals surface area contributed by atoms with Crippen molar-refractivity contribution in [2.24, 2.45) is 5.92 Å². The fourth-order valence-electron chi connectivity index (χ4n) is 2.42. The van der Waals surface area contributed by atoms with Crippen molar-refractivity contribution in [2.75, 3.05) is 19.9 Å².